The van der Waals surface area contributed by atoms with Gasteiger partial charge in [0.2, 0.25) is 0 Å². The number of benzene rings is 2. The molecule has 1 fully saturated rings. The van der Waals surface area contributed by atoms with Crippen LogP contribution in [-0.4, -0.2) is 42.0 Å². The Kier molecular flexibility index (Phi) is 6.13. The lowest BCUT2D eigenvalue weighted by Gasteiger charge is -2.26. The van der Waals surface area contributed by atoms with E-state index in [1.165, 1.54) is 4.90 Å². The van der Waals surface area contributed by atoms with Crippen molar-refractivity contribution in [3.8, 4) is 0 Å². The fraction of sp³-hybridized carbons (Fsp3) is 0.360. The molecule has 1 heterocycles. The molecule has 1 amide bonds. The quantitative estimate of drug-likeness (QED) is 0.454. The zero-order valence-electron chi connectivity index (χ0n) is 18.2. The molecule has 0 bridgehead atoms. The van der Waals surface area contributed by atoms with Gasteiger partial charge in [-0.2, -0.15) is 0 Å². The number of carbonyl (C=O) groups excluding carboxylic acids is 2. The number of amides is 1. The van der Waals surface area contributed by atoms with Gasteiger partial charge in [0.1, 0.15) is 5.76 Å². The molecule has 1 aliphatic heterocycles. The predicted molar refractivity (Wildman–Crippen MR) is 117 cm³/mol. The number of nitrogens with zero attached hydrogens (tertiary/aromatic N) is 1. The van der Waals surface area contributed by atoms with Crippen LogP contribution in [0, 0.1) is 6.92 Å². The average molecular weight is 408 g/mol. The zero-order chi connectivity index (χ0) is 22.1. The van der Waals surface area contributed by atoms with E-state index >= 15 is 0 Å². The Bertz CT molecular complexity index is 966. The maximum atomic E-state index is 12.9. The van der Waals surface area contributed by atoms with Crippen molar-refractivity contribution in [2.24, 2.45) is 0 Å². The third-order valence-corrected chi connectivity index (χ3v) is 5.49. The average Bonchev–Trinajstić information content (AvgIpc) is 2.96. The Morgan fingerprint density at radius 3 is 2.17 bits per heavy atom. The van der Waals surface area contributed by atoms with Crippen LogP contribution in [0.25, 0.3) is 5.76 Å². The van der Waals surface area contributed by atoms with Crippen molar-refractivity contribution in [2.45, 2.75) is 39.2 Å². The molecule has 30 heavy (non-hydrogen) atoms. The third kappa shape index (κ3) is 4.17. The van der Waals surface area contributed by atoms with Gasteiger partial charge in [0.25, 0.3) is 11.7 Å². The summed E-state index contributed by atoms with van der Waals surface area (Å²) in [5.74, 6) is -1.45. The number of ether oxygens (including phenoxy) is 1. The molecule has 0 aliphatic carbocycles. The number of aryl methyl sites for hydroxylation is 1. The second kappa shape index (κ2) is 8.44. The van der Waals surface area contributed by atoms with Gasteiger partial charge in [-0.3, -0.25) is 9.59 Å². The van der Waals surface area contributed by atoms with Crippen molar-refractivity contribution in [1.82, 2.24) is 4.90 Å². The van der Waals surface area contributed by atoms with Gasteiger partial charge in [0, 0.05) is 19.2 Å². The molecule has 0 unspecified atom stereocenters. The summed E-state index contributed by atoms with van der Waals surface area (Å²) in [6.07, 6.45) is 0. The second-order valence-corrected chi connectivity index (χ2v) is 8.72. The lowest BCUT2D eigenvalue weighted by atomic mass is 9.85. The number of hydrogen-bond acceptors (Lipinski definition) is 4. The molecular weight excluding hydrogens is 378 g/mol. The van der Waals surface area contributed by atoms with E-state index in [-0.39, 0.29) is 23.3 Å². The Labute approximate surface area is 178 Å². The van der Waals surface area contributed by atoms with Crippen LogP contribution in [-0.2, 0) is 19.7 Å². The number of rotatable bonds is 5. The van der Waals surface area contributed by atoms with Gasteiger partial charge in [-0.1, -0.05) is 74.9 Å². The fourth-order valence-electron chi connectivity index (χ4n) is 3.68. The van der Waals surface area contributed by atoms with Gasteiger partial charge in [0.05, 0.1) is 18.2 Å². The highest BCUT2D eigenvalue weighted by Crippen LogP contribution is 2.39. The molecule has 0 saturated carbocycles. The maximum absolute atomic E-state index is 12.9. The van der Waals surface area contributed by atoms with E-state index in [0.717, 1.165) is 16.7 Å². The first-order chi connectivity index (χ1) is 14.1. The van der Waals surface area contributed by atoms with Crippen molar-refractivity contribution < 1.29 is 19.4 Å². The lowest BCUT2D eigenvalue weighted by molar-refractivity contribution is -0.140. The van der Waals surface area contributed by atoms with E-state index in [1.807, 2.05) is 43.3 Å². The van der Waals surface area contributed by atoms with Crippen LogP contribution in [0.4, 0.5) is 0 Å². The van der Waals surface area contributed by atoms with E-state index in [0.29, 0.717) is 12.2 Å². The van der Waals surface area contributed by atoms with E-state index in [9.17, 15) is 14.7 Å². The third-order valence-electron chi connectivity index (χ3n) is 5.49. The van der Waals surface area contributed by atoms with Crippen LogP contribution < -0.4 is 0 Å². The monoisotopic (exact) mass is 407 g/mol. The van der Waals surface area contributed by atoms with Gasteiger partial charge in [-0.15, -0.1) is 0 Å². The van der Waals surface area contributed by atoms with Gasteiger partial charge in [-0.25, -0.2) is 0 Å². The number of Topliss-reactive ketones (excluding diaryl/α,β-unsaturated/α-hetero) is 1. The molecule has 5 nitrogen and oxygen atoms in total. The van der Waals surface area contributed by atoms with Crippen molar-refractivity contribution in [2.75, 3.05) is 20.3 Å². The van der Waals surface area contributed by atoms with E-state index < -0.39 is 17.7 Å². The maximum Gasteiger partial charge on any atom is 0.295 e. The first-order valence-corrected chi connectivity index (χ1v) is 10.1. The van der Waals surface area contributed by atoms with Crippen molar-refractivity contribution in [1.29, 1.82) is 0 Å². The van der Waals surface area contributed by atoms with Gasteiger partial charge in [-0.05, 0) is 23.5 Å². The summed E-state index contributed by atoms with van der Waals surface area (Å²) in [7, 11) is 1.55. The smallest absolute Gasteiger partial charge is 0.295 e. The molecule has 2 aromatic rings. The molecule has 0 aromatic heterocycles. The number of likely N-dealkylation sites (tertiary alicyclic amines) is 1. The highest BCUT2D eigenvalue weighted by molar-refractivity contribution is 6.46. The van der Waals surface area contributed by atoms with Gasteiger partial charge < -0.3 is 14.7 Å². The lowest BCUT2D eigenvalue weighted by Crippen LogP contribution is -2.32. The van der Waals surface area contributed by atoms with Crippen LogP contribution in [0.5, 0.6) is 0 Å². The minimum Gasteiger partial charge on any atom is -0.507 e. The van der Waals surface area contributed by atoms with E-state index in [2.05, 4.69) is 20.8 Å². The van der Waals surface area contributed by atoms with Crippen LogP contribution in [0.1, 0.15) is 49.1 Å². The molecular formula is C25H29NO4. The predicted octanol–water partition coefficient (Wildman–Crippen LogP) is 4.36. The molecule has 1 saturated heterocycles. The standard InChI is InChI=1S/C25H29NO4/c1-16-6-8-18(9-7-16)22(27)20-21(26(14-15-30-5)24(29)23(20)28)17-10-12-19(13-11-17)25(2,3)4/h6-13,21,27H,14-15H2,1-5H3/b22-20+/t21-/m1/s1. The first-order valence-electron chi connectivity index (χ1n) is 10.1. The van der Waals surface area contributed by atoms with Crippen LogP contribution >= 0.6 is 0 Å². The summed E-state index contributed by atoms with van der Waals surface area (Å²) >= 11 is 0. The van der Waals surface area contributed by atoms with Crippen LogP contribution in [0.3, 0.4) is 0 Å². The zero-order valence-corrected chi connectivity index (χ0v) is 18.2. The Morgan fingerprint density at radius 2 is 1.63 bits per heavy atom. The summed E-state index contributed by atoms with van der Waals surface area (Å²) < 4.78 is 5.15. The molecule has 158 valence electrons. The van der Waals surface area contributed by atoms with Crippen molar-refractivity contribution in [3.63, 3.8) is 0 Å². The van der Waals surface area contributed by atoms with Gasteiger partial charge in [0.15, 0.2) is 0 Å². The first kappa shape index (κ1) is 21.8. The highest BCUT2D eigenvalue weighted by Gasteiger charge is 2.45. The molecule has 0 spiro atoms. The number of aliphatic hydroxyl groups is 1. The Hall–Kier alpha value is -2.92. The molecule has 0 radical (unpaired) electrons. The number of ketones is 1. The molecule has 1 atom stereocenters. The normalized spacial score (nSPS) is 18.8. The summed E-state index contributed by atoms with van der Waals surface area (Å²) in [4.78, 5) is 27.2. The van der Waals surface area contributed by atoms with Crippen LogP contribution in [0.2, 0.25) is 0 Å². The fourth-order valence-corrected chi connectivity index (χ4v) is 3.68. The minimum atomic E-state index is -0.672. The number of methoxy groups -OCH3 is 1. The van der Waals surface area contributed by atoms with Crippen LogP contribution in [0.15, 0.2) is 54.1 Å². The Balaban J connectivity index is 2.13. The molecule has 1 N–H and O–H groups in total. The minimum absolute atomic E-state index is 0.0156. The summed E-state index contributed by atoms with van der Waals surface area (Å²) in [6.45, 7) is 8.90. The van der Waals surface area contributed by atoms with Gasteiger partial charge >= 0.3 is 0 Å². The van der Waals surface area contributed by atoms with E-state index in [4.69, 9.17) is 4.74 Å². The Morgan fingerprint density at radius 1 is 1.03 bits per heavy atom. The molecule has 2 aromatic carbocycles. The number of aliphatic hydroxyl groups excluding tert-OH is 1. The highest BCUT2D eigenvalue weighted by atomic mass is 16.5. The topological polar surface area (TPSA) is 66.8 Å². The second-order valence-electron chi connectivity index (χ2n) is 8.72. The summed E-state index contributed by atoms with van der Waals surface area (Å²) in [5, 5.41) is 11.0. The van der Waals surface area contributed by atoms with Crippen molar-refractivity contribution in [3.05, 3.63) is 76.4 Å². The molecule has 3 rings (SSSR count). The van der Waals surface area contributed by atoms with E-state index in [1.54, 1.807) is 19.2 Å². The number of carbonyl (C=O) groups is 2. The summed E-state index contributed by atoms with van der Waals surface area (Å²) in [5.41, 5.74) is 3.59. The largest absolute Gasteiger partial charge is 0.507 e. The molecule has 5 heteroatoms. The SMILES string of the molecule is COCCN1C(=O)C(=O)/C(=C(/O)c2ccc(C)cc2)[C@H]1c1ccc(C(C)(C)C)cc1. The summed E-state index contributed by atoms with van der Waals surface area (Å²) in [6, 6.07) is 14.5. The van der Waals surface area contributed by atoms with Crippen molar-refractivity contribution >= 4 is 17.4 Å². The number of hydrogen-bond donors (Lipinski definition) is 1. The molecule has 1 aliphatic rings.